The lowest BCUT2D eigenvalue weighted by molar-refractivity contribution is -0.116. The minimum atomic E-state index is -3.62. The van der Waals surface area contributed by atoms with E-state index < -0.39 is 10.0 Å². The molecular formula is C19H24N4O3S. The van der Waals surface area contributed by atoms with Crippen molar-refractivity contribution in [2.45, 2.75) is 44.0 Å². The summed E-state index contributed by atoms with van der Waals surface area (Å²) >= 11 is 0. The van der Waals surface area contributed by atoms with E-state index >= 15 is 0 Å². The molecule has 8 heteroatoms. The van der Waals surface area contributed by atoms with Crippen LogP contribution in [0.2, 0.25) is 0 Å². The number of carbonyl (C=O) groups is 1. The zero-order valence-electron chi connectivity index (χ0n) is 15.4. The number of hydrogen-bond donors (Lipinski definition) is 1. The molecule has 0 bridgehead atoms. The van der Waals surface area contributed by atoms with Crippen molar-refractivity contribution in [3.63, 3.8) is 0 Å². The standard InChI is InChI=1S/C19H24N4O3S/c1-14(24)23-8-2-3-16-4-5-17(12-18(16)23)27(25,26)21-13-15-6-9-22-10-7-20-19(22)11-15/h4-5,7,10,12,15,21H,2-3,6,8-9,11,13H2,1H3/t15-/m0/s1. The summed E-state index contributed by atoms with van der Waals surface area (Å²) in [5.74, 6) is 1.19. The molecule has 0 radical (unpaired) electrons. The number of sulfonamides is 1. The molecule has 1 aromatic heterocycles. The van der Waals surface area contributed by atoms with Crippen molar-refractivity contribution in [2.24, 2.45) is 5.92 Å². The Morgan fingerprint density at radius 3 is 3.00 bits per heavy atom. The minimum Gasteiger partial charge on any atom is -0.335 e. The van der Waals surface area contributed by atoms with Crippen LogP contribution in [-0.2, 0) is 34.2 Å². The first-order chi connectivity index (χ1) is 12.9. The second kappa shape index (κ2) is 7.09. The van der Waals surface area contributed by atoms with Gasteiger partial charge in [0.15, 0.2) is 0 Å². The number of aryl methyl sites for hydroxylation is 2. The van der Waals surface area contributed by atoms with E-state index in [4.69, 9.17) is 0 Å². The predicted octanol–water partition coefficient (Wildman–Crippen LogP) is 1.72. The van der Waals surface area contributed by atoms with Crippen LogP contribution in [0.4, 0.5) is 5.69 Å². The Hall–Kier alpha value is -2.19. The summed E-state index contributed by atoms with van der Waals surface area (Å²) in [6.45, 7) is 3.41. The van der Waals surface area contributed by atoms with Gasteiger partial charge in [-0.1, -0.05) is 6.07 Å². The average molecular weight is 388 g/mol. The van der Waals surface area contributed by atoms with Gasteiger partial charge in [0.1, 0.15) is 5.82 Å². The number of rotatable bonds is 4. The van der Waals surface area contributed by atoms with Crippen molar-refractivity contribution in [3.8, 4) is 0 Å². The summed E-state index contributed by atoms with van der Waals surface area (Å²) in [4.78, 5) is 18.1. The van der Waals surface area contributed by atoms with Gasteiger partial charge in [-0.3, -0.25) is 4.79 Å². The number of aromatic nitrogens is 2. The van der Waals surface area contributed by atoms with Crippen molar-refractivity contribution < 1.29 is 13.2 Å². The molecular weight excluding hydrogens is 364 g/mol. The fraction of sp³-hybridized carbons (Fsp3) is 0.474. The van der Waals surface area contributed by atoms with Crippen LogP contribution in [0.5, 0.6) is 0 Å². The van der Waals surface area contributed by atoms with Crippen LogP contribution < -0.4 is 9.62 Å². The van der Waals surface area contributed by atoms with E-state index in [1.807, 2.05) is 12.3 Å². The molecule has 0 spiro atoms. The number of hydrogen-bond acceptors (Lipinski definition) is 4. The Balaban J connectivity index is 1.49. The predicted molar refractivity (Wildman–Crippen MR) is 102 cm³/mol. The Morgan fingerprint density at radius 1 is 1.33 bits per heavy atom. The van der Waals surface area contributed by atoms with E-state index in [1.54, 1.807) is 23.2 Å². The van der Waals surface area contributed by atoms with Gasteiger partial charge in [0.05, 0.1) is 4.90 Å². The maximum Gasteiger partial charge on any atom is 0.240 e. The third kappa shape index (κ3) is 3.64. The first kappa shape index (κ1) is 18.2. The number of imidazole rings is 1. The number of nitrogens with one attached hydrogen (secondary N) is 1. The summed E-state index contributed by atoms with van der Waals surface area (Å²) in [7, 11) is -3.62. The van der Waals surface area contributed by atoms with Gasteiger partial charge in [0.2, 0.25) is 15.9 Å². The molecule has 1 amide bonds. The summed E-state index contributed by atoms with van der Waals surface area (Å²) in [6, 6.07) is 5.10. The number of carbonyl (C=O) groups excluding carboxylic acids is 1. The second-order valence-electron chi connectivity index (χ2n) is 7.31. The number of amides is 1. The summed E-state index contributed by atoms with van der Waals surface area (Å²) < 4.78 is 30.5. The minimum absolute atomic E-state index is 0.0591. The maximum atomic E-state index is 12.8. The largest absolute Gasteiger partial charge is 0.335 e. The number of benzene rings is 1. The average Bonchev–Trinajstić information content (AvgIpc) is 3.13. The number of anilines is 1. The van der Waals surface area contributed by atoms with E-state index in [1.165, 1.54) is 6.92 Å². The van der Waals surface area contributed by atoms with Crippen LogP contribution >= 0.6 is 0 Å². The first-order valence-electron chi connectivity index (χ1n) is 9.35. The molecule has 2 aliphatic heterocycles. The van der Waals surface area contributed by atoms with Crippen molar-refractivity contribution in [3.05, 3.63) is 42.0 Å². The molecule has 0 aliphatic carbocycles. The molecule has 2 aliphatic rings. The molecule has 2 aromatic rings. The van der Waals surface area contributed by atoms with E-state index in [9.17, 15) is 13.2 Å². The first-order valence-corrected chi connectivity index (χ1v) is 10.8. The van der Waals surface area contributed by atoms with Gasteiger partial charge in [-0.15, -0.1) is 0 Å². The zero-order chi connectivity index (χ0) is 19.0. The van der Waals surface area contributed by atoms with Gasteiger partial charge in [-0.2, -0.15) is 0 Å². The summed E-state index contributed by atoms with van der Waals surface area (Å²) in [6.07, 6.45) is 7.21. The van der Waals surface area contributed by atoms with Gasteiger partial charge < -0.3 is 9.47 Å². The maximum absolute atomic E-state index is 12.8. The topological polar surface area (TPSA) is 84.3 Å². The lowest BCUT2D eigenvalue weighted by Gasteiger charge is -2.29. The molecule has 0 saturated carbocycles. The van der Waals surface area contributed by atoms with Crippen molar-refractivity contribution in [1.82, 2.24) is 14.3 Å². The SMILES string of the molecule is CC(=O)N1CCCc2ccc(S(=O)(=O)NC[C@H]3CCn4ccnc4C3)cc21. The van der Waals surface area contributed by atoms with E-state index in [2.05, 4.69) is 14.3 Å². The summed E-state index contributed by atoms with van der Waals surface area (Å²) in [5.41, 5.74) is 1.74. The van der Waals surface area contributed by atoms with Gasteiger partial charge in [-0.25, -0.2) is 18.1 Å². The Kier molecular flexibility index (Phi) is 4.77. The number of nitrogens with zero attached hydrogens (tertiary/aromatic N) is 3. The van der Waals surface area contributed by atoms with Gasteiger partial charge in [0, 0.05) is 51.1 Å². The van der Waals surface area contributed by atoms with Crippen LogP contribution in [0.3, 0.4) is 0 Å². The molecule has 1 atom stereocenters. The van der Waals surface area contributed by atoms with Crippen molar-refractivity contribution in [1.29, 1.82) is 0 Å². The fourth-order valence-corrected chi connectivity index (χ4v) is 5.09. The molecule has 0 unspecified atom stereocenters. The van der Waals surface area contributed by atoms with Gasteiger partial charge in [0.25, 0.3) is 0 Å². The van der Waals surface area contributed by atoms with E-state index in [-0.39, 0.29) is 16.7 Å². The molecule has 0 saturated heterocycles. The highest BCUT2D eigenvalue weighted by Crippen LogP contribution is 2.30. The normalized spacial score (nSPS) is 19.4. The highest BCUT2D eigenvalue weighted by molar-refractivity contribution is 7.89. The lowest BCUT2D eigenvalue weighted by Crippen LogP contribution is -2.35. The second-order valence-corrected chi connectivity index (χ2v) is 9.08. The van der Waals surface area contributed by atoms with Gasteiger partial charge >= 0.3 is 0 Å². The monoisotopic (exact) mass is 388 g/mol. The quantitative estimate of drug-likeness (QED) is 0.864. The van der Waals surface area contributed by atoms with Crippen LogP contribution in [-0.4, -0.2) is 37.0 Å². The molecule has 3 heterocycles. The van der Waals surface area contributed by atoms with Gasteiger partial charge in [-0.05, 0) is 42.9 Å². The van der Waals surface area contributed by atoms with Crippen LogP contribution in [0.1, 0.15) is 31.2 Å². The lowest BCUT2D eigenvalue weighted by atomic mass is 9.98. The Bertz CT molecular complexity index is 967. The zero-order valence-corrected chi connectivity index (χ0v) is 16.2. The van der Waals surface area contributed by atoms with Crippen LogP contribution in [0.15, 0.2) is 35.5 Å². The van der Waals surface area contributed by atoms with E-state index in [0.29, 0.717) is 13.1 Å². The molecule has 7 nitrogen and oxygen atoms in total. The molecule has 144 valence electrons. The highest BCUT2D eigenvalue weighted by atomic mass is 32.2. The number of fused-ring (bicyclic) bond motifs is 2. The van der Waals surface area contributed by atoms with E-state index in [0.717, 1.165) is 49.3 Å². The molecule has 27 heavy (non-hydrogen) atoms. The highest BCUT2D eigenvalue weighted by Gasteiger charge is 2.25. The van der Waals surface area contributed by atoms with Crippen molar-refractivity contribution in [2.75, 3.05) is 18.0 Å². The smallest absolute Gasteiger partial charge is 0.240 e. The Morgan fingerprint density at radius 2 is 2.19 bits per heavy atom. The molecule has 0 fully saturated rings. The van der Waals surface area contributed by atoms with Crippen LogP contribution in [0.25, 0.3) is 0 Å². The molecule has 4 rings (SSSR count). The molecule has 1 aromatic carbocycles. The fourth-order valence-electron chi connectivity index (χ4n) is 3.95. The molecule has 1 N–H and O–H groups in total. The third-order valence-electron chi connectivity index (χ3n) is 5.48. The van der Waals surface area contributed by atoms with Crippen molar-refractivity contribution >= 4 is 21.6 Å². The third-order valence-corrected chi connectivity index (χ3v) is 6.90. The summed E-state index contributed by atoms with van der Waals surface area (Å²) in [5, 5.41) is 0. The Labute approximate surface area is 159 Å². The van der Waals surface area contributed by atoms with Crippen LogP contribution in [0, 0.1) is 5.92 Å².